The first kappa shape index (κ1) is 22.5. The molecule has 0 unspecified atom stereocenters. The minimum atomic E-state index is -0.595. The molecule has 1 saturated heterocycles. The van der Waals surface area contributed by atoms with E-state index in [1.54, 1.807) is 0 Å². The summed E-state index contributed by atoms with van der Waals surface area (Å²) in [5, 5.41) is 3.18. The van der Waals surface area contributed by atoms with Crippen molar-refractivity contribution in [1.29, 1.82) is 0 Å². The summed E-state index contributed by atoms with van der Waals surface area (Å²) in [6.07, 6.45) is 3.85. The molecule has 0 saturated carbocycles. The molecule has 170 valence electrons. The van der Waals surface area contributed by atoms with E-state index in [4.69, 9.17) is 11.6 Å². The third-order valence-electron chi connectivity index (χ3n) is 5.33. The van der Waals surface area contributed by atoms with Gasteiger partial charge in [-0.15, -0.1) is 0 Å². The predicted molar refractivity (Wildman–Crippen MR) is 125 cm³/mol. The monoisotopic (exact) mass is 479 g/mol. The van der Waals surface area contributed by atoms with Gasteiger partial charge in [0.2, 0.25) is 5.91 Å². The topological polar surface area (TPSA) is 89.2 Å². The summed E-state index contributed by atoms with van der Waals surface area (Å²) >= 11 is 7.04. The van der Waals surface area contributed by atoms with Gasteiger partial charge in [-0.2, -0.15) is 0 Å². The Morgan fingerprint density at radius 2 is 1.97 bits per heavy atom. The number of hydrogen-bond acceptors (Lipinski definition) is 6. The standard InChI is InChI=1S/C21H23ClFN5O3S/c1-2-8-27-19(30)17-18(25-20(32-17)26-9-4-3-5-10-26)28(21(27)31)12-16(29)24-13-6-7-15(23)14(22)11-13/h6-7,11H,2-5,8-10,12H2,1H3,(H,24,29). The van der Waals surface area contributed by atoms with Crippen LogP contribution in [0.5, 0.6) is 0 Å². The quantitative estimate of drug-likeness (QED) is 0.585. The van der Waals surface area contributed by atoms with Gasteiger partial charge >= 0.3 is 5.69 Å². The number of piperidine rings is 1. The van der Waals surface area contributed by atoms with Crippen molar-refractivity contribution in [2.75, 3.05) is 23.3 Å². The fourth-order valence-corrected chi connectivity index (χ4v) is 5.02. The number of benzene rings is 1. The van der Waals surface area contributed by atoms with E-state index < -0.39 is 17.4 Å². The molecule has 8 nitrogen and oxygen atoms in total. The summed E-state index contributed by atoms with van der Waals surface area (Å²) in [7, 11) is 0. The maximum Gasteiger partial charge on any atom is 0.333 e. The average Bonchev–Trinajstić information content (AvgIpc) is 3.23. The van der Waals surface area contributed by atoms with E-state index in [1.807, 2.05) is 6.92 Å². The number of thiazole rings is 1. The number of fused-ring (bicyclic) bond motifs is 1. The zero-order valence-electron chi connectivity index (χ0n) is 17.6. The molecule has 0 spiro atoms. The molecule has 32 heavy (non-hydrogen) atoms. The van der Waals surface area contributed by atoms with E-state index in [0.717, 1.165) is 43.0 Å². The summed E-state index contributed by atoms with van der Waals surface area (Å²) in [6, 6.07) is 3.82. The highest BCUT2D eigenvalue weighted by atomic mass is 35.5. The summed E-state index contributed by atoms with van der Waals surface area (Å²) in [4.78, 5) is 45.5. The Bertz CT molecular complexity index is 1280. The number of aromatic nitrogens is 3. The van der Waals surface area contributed by atoms with Crippen molar-refractivity contribution in [2.45, 2.75) is 45.7 Å². The van der Waals surface area contributed by atoms with Crippen molar-refractivity contribution in [2.24, 2.45) is 0 Å². The van der Waals surface area contributed by atoms with Crippen LogP contribution in [0.25, 0.3) is 10.3 Å². The van der Waals surface area contributed by atoms with Crippen LogP contribution in [0.1, 0.15) is 32.6 Å². The summed E-state index contributed by atoms with van der Waals surface area (Å²) in [5.74, 6) is -1.10. The molecule has 0 bridgehead atoms. The first-order valence-electron chi connectivity index (χ1n) is 10.5. The van der Waals surface area contributed by atoms with Gasteiger partial charge in [0.25, 0.3) is 5.56 Å². The molecule has 1 N–H and O–H groups in total. The van der Waals surface area contributed by atoms with Crippen LogP contribution in [0.4, 0.5) is 15.2 Å². The molecule has 11 heteroatoms. The van der Waals surface area contributed by atoms with Gasteiger partial charge in [-0.3, -0.25) is 18.7 Å². The number of nitrogens with one attached hydrogen (secondary N) is 1. The van der Waals surface area contributed by atoms with Crippen molar-refractivity contribution in [3.63, 3.8) is 0 Å². The van der Waals surface area contributed by atoms with Crippen molar-refractivity contribution in [1.82, 2.24) is 14.1 Å². The predicted octanol–water partition coefficient (Wildman–Crippen LogP) is 3.45. The molecule has 4 rings (SSSR count). The van der Waals surface area contributed by atoms with Gasteiger partial charge in [0.05, 0.1) is 5.02 Å². The van der Waals surface area contributed by atoms with E-state index >= 15 is 0 Å². The molecule has 1 fully saturated rings. The molecule has 1 aliphatic heterocycles. The second-order valence-corrected chi connectivity index (χ2v) is 9.08. The SMILES string of the molecule is CCCn1c(=O)c2sc(N3CCCCC3)nc2n(CC(=O)Nc2ccc(F)c(Cl)c2)c1=O. The van der Waals surface area contributed by atoms with Gasteiger partial charge in [-0.1, -0.05) is 29.9 Å². The molecule has 1 amide bonds. The Morgan fingerprint density at radius 3 is 2.66 bits per heavy atom. The van der Waals surface area contributed by atoms with E-state index in [1.165, 1.54) is 28.0 Å². The summed E-state index contributed by atoms with van der Waals surface area (Å²) < 4.78 is 16.1. The number of nitrogens with zero attached hydrogens (tertiary/aromatic N) is 4. The van der Waals surface area contributed by atoms with E-state index in [-0.39, 0.29) is 29.3 Å². The van der Waals surface area contributed by atoms with Crippen LogP contribution in [0.2, 0.25) is 5.02 Å². The Hall–Kier alpha value is -2.72. The molecular weight excluding hydrogens is 457 g/mol. The molecule has 0 aliphatic carbocycles. The van der Waals surface area contributed by atoms with Gasteiger partial charge in [-0.05, 0) is 43.9 Å². The van der Waals surface area contributed by atoms with Crippen molar-refractivity contribution >= 4 is 50.0 Å². The van der Waals surface area contributed by atoms with Crippen LogP contribution in [-0.2, 0) is 17.9 Å². The fraction of sp³-hybridized carbons (Fsp3) is 0.429. The van der Waals surface area contributed by atoms with Crippen LogP contribution >= 0.6 is 22.9 Å². The summed E-state index contributed by atoms with van der Waals surface area (Å²) in [6.45, 7) is 3.48. The van der Waals surface area contributed by atoms with Crippen molar-refractivity contribution in [3.8, 4) is 0 Å². The summed E-state index contributed by atoms with van der Waals surface area (Å²) in [5.41, 5.74) is -0.438. The maximum atomic E-state index is 13.4. The minimum Gasteiger partial charge on any atom is -0.348 e. The van der Waals surface area contributed by atoms with Crippen molar-refractivity contribution in [3.05, 3.63) is 49.9 Å². The molecule has 3 heterocycles. The molecule has 2 aromatic heterocycles. The third-order valence-corrected chi connectivity index (χ3v) is 6.72. The third kappa shape index (κ3) is 4.42. The molecule has 1 aliphatic rings. The molecular formula is C21H23ClFN5O3S. The Balaban J connectivity index is 1.73. The average molecular weight is 480 g/mol. The first-order valence-corrected chi connectivity index (χ1v) is 11.7. The zero-order valence-corrected chi connectivity index (χ0v) is 19.1. The number of rotatable bonds is 6. The highest BCUT2D eigenvalue weighted by Gasteiger charge is 2.22. The van der Waals surface area contributed by atoms with Crippen LogP contribution < -0.4 is 21.5 Å². The fourth-order valence-electron chi connectivity index (χ4n) is 3.77. The van der Waals surface area contributed by atoms with Gasteiger partial charge in [0.15, 0.2) is 10.8 Å². The highest BCUT2D eigenvalue weighted by molar-refractivity contribution is 7.22. The van der Waals surface area contributed by atoms with Crippen LogP contribution in [0, 0.1) is 5.82 Å². The number of carbonyl (C=O) groups is 1. The highest BCUT2D eigenvalue weighted by Crippen LogP contribution is 2.28. The van der Waals surface area contributed by atoms with E-state index in [2.05, 4.69) is 15.2 Å². The number of carbonyl (C=O) groups excluding carboxylic acids is 1. The molecule has 0 radical (unpaired) electrons. The molecule has 0 atom stereocenters. The second-order valence-electron chi connectivity index (χ2n) is 7.70. The Morgan fingerprint density at radius 1 is 1.22 bits per heavy atom. The van der Waals surface area contributed by atoms with Gasteiger partial charge < -0.3 is 10.2 Å². The Kier molecular flexibility index (Phi) is 6.61. The first-order chi connectivity index (χ1) is 15.4. The normalized spacial score (nSPS) is 14.2. The van der Waals surface area contributed by atoms with Gasteiger partial charge in [0, 0.05) is 25.3 Å². The van der Waals surface area contributed by atoms with Crippen LogP contribution in [-0.4, -0.2) is 33.1 Å². The van der Waals surface area contributed by atoms with Crippen LogP contribution in [0.15, 0.2) is 27.8 Å². The van der Waals surface area contributed by atoms with Gasteiger partial charge in [0.1, 0.15) is 17.1 Å². The van der Waals surface area contributed by atoms with Crippen molar-refractivity contribution < 1.29 is 9.18 Å². The lowest BCUT2D eigenvalue weighted by atomic mass is 10.1. The lowest BCUT2D eigenvalue weighted by molar-refractivity contribution is -0.116. The lowest BCUT2D eigenvalue weighted by Crippen LogP contribution is -2.41. The zero-order chi connectivity index (χ0) is 22.8. The van der Waals surface area contributed by atoms with Gasteiger partial charge in [-0.25, -0.2) is 14.2 Å². The Labute approximate surface area is 192 Å². The van der Waals surface area contributed by atoms with E-state index in [0.29, 0.717) is 21.9 Å². The van der Waals surface area contributed by atoms with Crippen LogP contribution in [0.3, 0.4) is 0 Å². The van der Waals surface area contributed by atoms with E-state index in [9.17, 15) is 18.8 Å². The number of anilines is 2. The minimum absolute atomic E-state index is 0.121. The second kappa shape index (κ2) is 9.41. The number of halogens is 2. The number of amides is 1. The molecule has 1 aromatic carbocycles. The maximum absolute atomic E-state index is 13.4. The molecule has 3 aromatic rings. The largest absolute Gasteiger partial charge is 0.348 e. The smallest absolute Gasteiger partial charge is 0.333 e. The number of hydrogen-bond donors (Lipinski definition) is 1. The lowest BCUT2D eigenvalue weighted by Gasteiger charge is -2.25.